The van der Waals surface area contributed by atoms with Crippen LogP contribution in [0.25, 0.3) is 5.65 Å². The number of carbonyl (C=O) groups is 1. The summed E-state index contributed by atoms with van der Waals surface area (Å²) in [6.45, 7) is 2.41. The zero-order chi connectivity index (χ0) is 16.5. The molecular weight excluding hydrogens is 322 g/mol. The van der Waals surface area contributed by atoms with Gasteiger partial charge in [0.25, 0.3) is 5.91 Å². The highest BCUT2D eigenvalue weighted by molar-refractivity contribution is 7.11. The minimum Gasteiger partial charge on any atom is -0.351 e. The third kappa shape index (κ3) is 2.80. The summed E-state index contributed by atoms with van der Waals surface area (Å²) < 4.78 is 1.64. The summed E-state index contributed by atoms with van der Waals surface area (Å²) in [7, 11) is 0. The second kappa shape index (κ2) is 6.32. The van der Waals surface area contributed by atoms with Gasteiger partial charge in [0.2, 0.25) is 0 Å². The van der Waals surface area contributed by atoms with E-state index in [1.807, 2.05) is 6.92 Å². The van der Waals surface area contributed by atoms with E-state index in [0.717, 1.165) is 24.3 Å². The van der Waals surface area contributed by atoms with Crippen LogP contribution in [0.4, 0.5) is 0 Å². The fourth-order valence-corrected chi connectivity index (χ4v) is 4.30. The molecule has 0 atom stereocenters. The van der Waals surface area contributed by atoms with Crippen LogP contribution in [0, 0.1) is 6.92 Å². The molecule has 4 rings (SSSR count). The SMILES string of the molecule is Cc1nn2cccnc2c1C(=O)NCCc1nc2c(s1)CCCC2. The minimum atomic E-state index is -0.123. The Morgan fingerprint density at radius 1 is 1.38 bits per heavy atom. The molecule has 0 aliphatic heterocycles. The van der Waals surface area contributed by atoms with E-state index >= 15 is 0 Å². The first-order chi connectivity index (χ1) is 11.7. The van der Waals surface area contributed by atoms with E-state index in [-0.39, 0.29) is 5.91 Å². The van der Waals surface area contributed by atoms with Crippen molar-refractivity contribution in [3.63, 3.8) is 0 Å². The van der Waals surface area contributed by atoms with Gasteiger partial charge in [0.05, 0.1) is 16.4 Å². The molecule has 0 spiro atoms. The molecule has 6 nitrogen and oxygen atoms in total. The fourth-order valence-electron chi connectivity index (χ4n) is 3.15. The Labute approximate surface area is 143 Å². The second-order valence-corrected chi connectivity index (χ2v) is 7.21. The van der Waals surface area contributed by atoms with E-state index in [9.17, 15) is 4.79 Å². The van der Waals surface area contributed by atoms with Crippen molar-refractivity contribution in [2.75, 3.05) is 6.54 Å². The number of fused-ring (bicyclic) bond motifs is 2. The van der Waals surface area contributed by atoms with E-state index in [2.05, 4.69) is 15.4 Å². The fraction of sp³-hybridized carbons (Fsp3) is 0.412. The van der Waals surface area contributed by atoms with Crippen LogP contribution < -0.4 is 5.32 Å². The lowest BCUT2D eigenvalue weighted by Gasteiger charge is -2.06. The number of nitrogens with one attached hydrogen (secondary N) is 1. The monoisotopic (exact) mass is 341 g/mol. The van der Waals surface area contributed by atoms with Gasteiger partial charge in [-0.05, 0) is 38.7 Å². The lowest BCUT2D eigenvalue weighted by molar-refractivity contribution is 0.0955. The number of aryl methyl sites for hydroxylation is 3. The number of hydrogen-bond acceptors (Lipinski definition) is 5. The number of nitrogens with zero attached hydrogens (tertiary/aromatic N) is 4. The topological polar surface area (TPSA) is 72.2 Å². The Morgan fingerprint density at radius 3 is 3.12 bits per heavy atom. The predicted molar refractivity (Wildman–Crippen MR) is 92.5 cm³/mol. The van der Waals surface area contributed by atoms with E-state index in [0.29, 0.717) is 23.4 Å². The molecule has 0 fully saturated rings. The first kappa shape index (κ1) is 15.3. The Balaban J connectivity index is 1.43. The first-order valence-corrected chi connectivity index (χ1v) is 9.09. The summed E-state index contributed by atoms with van der Waals surface area (Å²) >= 11 is 1.80. The summed E-state index contributed by atoms with van der Waals surface area (Å²) in [6, 6.07) is 1.80. The van der Waals surface area contributed by atoms with Crippen molar-refractivity contribution in [2.45, 2.75) is 39.0 Å². The molecule has 0 saturated carbocycles. The lowest BCUT2D eigenvalue weighted by atomic mass is 10.0. The minimum absolute atomic E-state index is 0.123. The molecular formula is C17H19N5OS. The van der Waals surface area contributed by atoms with Gasteiger partial charge in [-0.2, -0.15) is 5.10 Å². The first-order valence-electron chi connectivity index (χ1n) is 8.28. The van der Waals surface area contributed by atoms with Crippen molar-refractivity contribution in [2.24, 2.45) is 0 Å². The molecule has 0 bridgehead atoms. The Kier molecular flexibility index (Phi) is 4.02. The molecule has 3 heterocycles. The van der Waals surface area contributed by atoms with Gasteiger partial charge in [-0.15, -0.1) is 11.3 Å². The van der Waals surface area contributed by atoms with Crippen LogP contribution in [-0.2, 0) is 19.3 Å². The van der Waals surface area contributed by atoms with Crippen LogP contribution in [-0.4, -0.2) is 32.0 Å². The molecule has 0 saturated heterocycles. The summed E-state index contributed by atoms with van der Waals surface area (Å²) in [5.41, 5.74) is 3.11. The van der Waals surface area contributed by atoms with Gasteiger partial charge in [-0.3, -0.25) is 4.79 Å². The maximum atomic E-state index is 12.5. The van der Waals surface area contributed by atoms with Crippen molar-refractivity contribution < 1.29 is 4.79 Å². The number of rotatable bonds is 4. The predicted octanol–water partition coefficient (Wildman–Crippen LogP) is 2.35. The average Bonchev–Trinajstić information content (AvgIpc) is 3.13. The largest absolute Gasteiger partial charge is 0.351 e. The molecule has 1 aliphatic rings. The number of aromatic nitrogens is 4. The van der Waals surface area contributed by atoms with E-state index in [4.69, 9.17) is 4.98 Å². The van der Waals surface area contributed by atoms with Crippen LogP contribution in [0.15, 0.2) is 18.5 Å². The molecule has 24 heavy (non-hydrogen) atoms. The molecule has 124 valence electrons. The van der Waals surface area contributed by atoms with Crippen LogP contribution in [0.1, 0.15) is 44.5 Å². The standard InChI is InChI=1S/C17H19N5OS/c1-11-15(16-18-8-4-10-22(16)21-11)17(23)19-9-7-14-20-12-5-2-3-6-13(12)24-14/h4,8,10H,2-3,5-7,9H2,1H3,(H,19,23). The zero-order valence-electron chi connectivity index (χ0n) is 13.6. The summed E-state index contributed by atoms with van der Waals surface area (Å²) in [4.78, 5) is 22.9. The average molecular weight is 341 g/mol. The molecule has 7 heteroatoms. The maximum absolute atomic E-state index is 12.5. The third-order valence-electron chi connectivity index (χ3n) is 4.31. The lowest BCUT2D eigenvalue weighted by Crippen LogP contribution is -2.26. The number of amides is 1. The molecule has 0 aromatic carbocycles. The van der Waals surface area contributed by atoms with Gasteiger partial charge < -0.3 is 5.32 Å². The van der Waals surface area contributed by atoms with Crippen molar-refractivity contribution in [1.29, 1.82) is 0 Å². The van der Waals surface area contributed by atoms with Crippen LogP contribution >= 0.6 is 11.3 Å². The van der Waals surface area contributed by atoms with E-state index in [1.54, 1.807) is 34.3 Å². The van der Waals surface area contributed by atoms with E-state index < -0.39 is 0 Å². The smallest absolute Gasteiger partial charge is 0.257 e. The highest BCUT2D eigenvalue weighted by Gasteiger charge is 2.18. The molecule has 3 aromatic heterocycles. The van der Waals surface area contributed by atoms with Crippen molar-refractivity contribution >= 4 is 22.9 Å². The Morgan fingerprint density at radius 2 is 2.25 bits per heavy atom. The Bertz CT molecular complexity index is 874. The zero-order valence-corrected chi connectivity index (χ0v) is 14.4. The number of thiazole rings is 1. The Hall–Kier alpha value is -2.28. The quantitative estimate of drug-likeness (QED) is 0.791. The van der Waals surface area contributed by atoms with Crippen molar-refractivity contribution in [3.05, 3.63) is 45.3 Å². The van der Waals surface area contributed by atoms with Gasteiger partial charge >= 0.3 is 0 Å². The summed E-state index contributed by atoms with van der Waals surface area (Å²) in [5, 5.41) is 8.43. The van der Waals surface area contributed by atoms with Crippen LogP contribution in [0.2, 0.25) is 0 Å². The van der Waals surface area contributed by atoms with Crippen LogP contribution in [0.5, 0.6) is 0 Å². The molecule has 1 N–H and O–H groups in total. The van der Waals surface area contributed by atoms with Crippen molar-refractivity contribution in [1.82, 2.24) is 24.9 Å². The molecule has 3 aromatic rings. The number of carbonyl (C=O) groups excluding carboxylic acids is 1. The van der Waals surface area contributed by atoms with Gasteiger partial charge in [0.15, 0.2) is 5.65 Å². The molecule has 1 aliphatic carbocycles. The van der Waals surface area contributed by atoms with Gasteiger partial charge in [-0.1, -0.05) is 0 Å². The van der Waals surface area contributed by atoms with Gasteiger partial charge in [0, 0.05) is 30.2 Å². The summed E-state index contributed by atoms with van der Waals surface area (Å²) in [6.07, 6.45) is 9.02. The van der Waals surface area contributed by atoms with Gasteiger partial charge in [0.1, 0.15) is 5.56 Å². The van der Waals surface area contributed by atoms with E-state index in [1.165, 1.54) is 23.4 Å². The van der Waals surface area contributed by atoms with Crippen LogP contribution in [0.3, 0.4) is 0 Å². The molecule has 1 amide bonds. The second-order valence-electron chi connectivity index (χ2n) is 6.04. The van der Waals surface area contributed by atoms with Crippen molar-refractivity contribution in [3.8, 4) is 0 Å². The maximum Gasteiger partial charge on any atom is 0.257 e. The summed E-state index contributed by atoms with van der Waals surface area (Å²) in [5.74, 6) is -0.123. The highest BCUT2D eigenvalue weighted by Crippen LogP contribution is 2.26. The number of hydrogen-bond donors (Lipinski definition) is 1. The van der Waals surface area contributed by atoms with Gasteiger partial charge in [-0.25, -0.2) is 14.5 Å². The highest BCUT2D eigenvalue weighted by atomic mass is 32.1. The molecule has 0 radical (unpaired) electrons. The normalized spacial score (nSPS) is 13.9. The third-order valence-corrected chi connectivity index (χ3v) is 5.53. The molecule has 0 unspecified atom stereocenters.